The van der Waals surface area contributed by atoms with E-state index < -0.39 is 11.4 Å². The van der Waals surface area contributed by atoms with Crippen molar-refractivity contribution in [3.63, 3.8) is 0 Å². The van der Waals surface area contributed by atoms with E-state index in [4.69, 9.17) is 4.74 Å². The Morgan fingerprint density at radius 1 is 1.10 bits per heavy atom. The quantitative estimate of drug-likeness (QED) is 0.336. The fourth-order valence-corrected chi connectivity index (χ4v) is 5.95. The molecule has 6 rings (SSSR count). The van der Waals surface area contributed by atoms with E-state index in [2.05, 4.69) is 44.1 Å². The predicted octanol–water partition coefficient (Wildman–Crippen LogP) is 5.63. The van der Waals surface area contributed by atoms with Gasteiger partial charge < -0.3 is 19.9 Å². The van der Waals surface area contributed by atoms with Crippen LogP contribution in [-0.4, -0.2) is 66.5 Å². The number of carbonyl (C=O) groups excluding carboxylic acids is 1. The maximum absolute atomic E-state index is 14.9. The van der Waals surface area contributed by atoms with E-state index in [1.54, 1.807) is 6.20 Å². The first kappa shape index (κ1) is 26.9. The number of amides is 1. The molecule has 0 aliphatic carbocycles. The van der Waals surface area contributed by atoms with Gasteiger partial charge in [-0.2, -0.15) is 5.10 Å². The van der Waals surface area contributed by atoms with Crippen LogP contribution >= 0.6 is 0 Å². The molecule has 1 amide bonds. The molecule has 10 nitrogen and oxygen atoms in total. The SMILES string of the molecule is CC(C)c1c2cc(-c3nc(Nc4ccc(N5C[C@@H]6C[C@H]5CN6C(=O)OC(C)(C)C)cn4)ncc3F)ccc2nn1C. The summed E-state index contributed by atoms with van der Waals surface area (Å²) in [5, 5.41) is 8.66. The van der Waals surface area contributed by atoms with Crippen LogP contribution in [0.1, 0.15) is 52.7 Å². The Labute approximate surface area is 238 Å². The number of likely N-dealkylation sites (tertiary alicyclic amines) is 1. The summed E-state index contributed by atoms with van der Waals surface area (Å²) in [5.41, 5.74) is 3.29. The smallest absolute Gasteiger partial charge is 0.410 e. The molecule has 0 radical (unpaired) electrons. The molecule has 0 unspecified atom stereocenters. The monoisotopic (exact) mass is 558 g/mol. The number of pyridine rings is 1. The number of halogens is 1. The fraction of sp³-hybridized carbons (Fsp3) is 0.433. The molecule has 41 heavy (non-hydrogen) atoms. The molecule has 2 aliphatic heterocycles. The summed E-state index contributed by atoms with van der Waals surface area (Å²) < 4.78 is 22.3. The third kappa shape index (κ3) is 5.16. The van der Waals surface area contributed by atoms with E-state index in [1.165, 1.54) is 6.20 Å². The van der Waals surface area contributed by atoms with Crippen LogP contribution in [0.5, 0.6) is 0 Å². The van der Waals surface area contributed by atoms with E-state index >= 15 is 0 Å². The van der Waals surface area contributed by atoms with Gasteiger partial charge in [0.1, 0.15) is 17.1 Å². The van der Waals surface area contributed by atoms with Gasteiger partial charge in [0.05, 0.1) is 29.6 Å². The molecule has 11 heteroatoms. The van der Waals surface area contributed by atoms with Crippen LogP contribution in [0.2, 0.25) is 0 Å². The summed E-state index contributed by atoms with van der Waals surface area (Å²) in [4.78, 5) is 29.9. The maximum Gasteiger partial charge on any atom is 0.410 e. The summed E-state index contributed by atoms with van der Waals surface area (Å²) in [7, 11) is 1.92. The number of ether oxygens (including phenoxy) is 1. The first-order chi connectivity index (χ1) is 19.5. The number of rotatable bonds is 5. The summed E-state index contributed by atoms with van der Waals surface area (Å²) in [5.74, 6) is 0.570. The van der Waals surface area contributed by atoms with Gasteiger partial charge in [0.15, 0.2) is 5.82 Å². The second kappa shape index (κ2) is 9.97. The van der Waals surface area contributed by atoms with Crippen molar-refractivity contribution < 1.29 is 13.9 Å². The van der Waals surface area contributed by atoms with Crippen molar-refractivity contribution in [2.24, 2.45) is 7.05 Å². The van der Waals surface area contributed by atoms with Crippen molar-refractivity contribution >= 4 is 34.4 Å². The lowest BCUT2D eigenvalue weighted by Crippen LogP contribution is -2.50. The molecule has 1 aromatic carbocycles. The minimum Gasteiger partial charge on any atom is -0.444 e. The first-order valence-electron chi connectivity index (χ1n) is 14.0. The summed E-state index contributed by atoms with van der Waals surface area (Å²) >= 11 is 0. The highest BCUT2D eigenvalue weighted by Gasteiger charge is 2.46. The number of fused-ring (bicyclic) bond motifs is 3. The van der Waals surface area contributed by atoms with E-state index in [-0.39, 0.29) is 35.7 Å². The van der Waals surface area contributed by atoms with Gasteiger partial charge >= 0.3 is 6.09 Å². The second-order valence-corrected chi connectivity index (χ2v) is 12.1. The number of benzene rings is 1. The number of hydrogen-bond donors (Lipinski definition) is 1. The zero-order valence-electron chi connectivity index (χ0n) is 24.2. The van der Waals surface area contributed by atoms with Crippen LogP contribution in [0.3, 0.4) is 0 Å². The Morgan fingerprint density at radius 2 is 1.90 bits per heavy atom. The number of anilines is 3. The molecule has 0 saturated carbocycles. The number of aromatic nitrogens is 5. The van der Waals surface area contributed by atoms with Gasteiger partial charge in [0.2, 0.25) is 5.95 Å². The molecule has 2 atom stereocenters. The van der Waals surface area contributed by atoms with Crippen molar-refractivity contribution in [3.05, 3.63) is 54.2 Å². The molecule has 2 fully saturated rings. The van der Waals surface area contributed by atoms with Gasteiger partial charge in [-0.25, -0.2) is 24.1 Å². The molecule has 2 bridgehead atoms. The van der Waals surface area contributed by atoms with E-state index in [9.17, 15) is 9.18 Å². The van der Waals surface area contributed by atoms with Crippen molar-refractivity contribution in [2.45, 2.75) is 64.6 Å². The minimum absolute atomic E-state index is 0.126. The molecular formula is C30H35FN8O2. The van der Waals surface area contributed by atoms with Crippen molar-refractivity contribution in [1.29, 1.82) is 0 Å². The topological polar surface area (TPSA) is 101 Å². The molecule has 5 heterocycles. The Kier molecular flexibility index (Phi) is 6.55. The zero-order valence-corrected chi connectivity index (χ0v) is 24.2. The Morgan fingerprint density at radius 3 is 2.56 bits per heavy atom. The van der Waals surface area contributed by atoms with Crippen LogP contribution in [0.4, 0.5) is 26.6 Å². The lowest BCUT2D eigenvalue weighted by atomic mass is 10.0. The molecule has 2 saturated heterocycles. The van der Waals surface area contributed by atoms with Gasteiger partial charge in [-0.3, -0.25) is 4.68 Å². The highest BCUT2D eigenvalue weighted by Crippen LogP contribution is 2.36. The van der Waals surface area contributed by atoms with Crippen molar-refractivity contribution in [1.82, 2.24) is 29.6 Å². The van der Waals surface area contributed by atoms with E-state index in [1.807, 2.05) is 67.7 Å². The number of nitrogens with one attached hydrogen (secondary N) is 1. The Balaban J connectivity index is 1.16. The second-order valence-electron chi connectivity index (χ2n) is 12.1. The maximum atomic E-state index is 14.9. The standard InChI is InChI=1S/C30H35FN8O2/c1-17(2)27-22-11-18(7-9-24(22)36-37(27)6)26-23(31)14-33-28(35-26)34-25-10-8-19(13-32-25)38-15-21-12-20(38)16-39(21)29(40)41-30(3,4)5/h7-11,13-14,17,20-21H,12,15-16H2,1-6H3,(H,32,33,34,35)/t20-,21-/m0/s1. The first-order valence-corrected chi connectivity index (χ1v) is 14.0. The van der Waals surface area contributed by atoms with Crippen LogP contribution in [0, 0.1) is 5.82 Å². The third-order valence-electron chi connectivity index (χ3n) is 7.63. The normalized spacial score (nSPS) is 18.5. The lowest BCUT2D eigenvalue weighted by molar-refractivity contribution is 0.0214. The van der Waals surface area contributed by atoms with Crippen molar-refractivity contribution in [3.8, 4) is 11.3 Å². The number of aryl methyl sites for hydroxylation is 1. The zero-order chi connectivity index (χ0) is 29.1. The molecule has 2 aliphatic rings. The minimum atomic E-state index is -0.509. The Bertz CT molecular complexity index is 1610. The number of piperazine rings is 1. The van der Waals surface area contributed by atoms with Gasteiger partial charge in [-0.1, -0.05) is 19.9 Å². The van der Waals surface area contributed by atoms with Gasteiger partial charge in [-0.05, 0) is 57.4 Å². The molecule has 1 N–H and O–H groups in total. The summed E-state index contributed by atoms with van der Waals surface area (Å²) in [6, 6.07) is 9.86. The number of hydrogen-bond acceptors (Lipinski definition) is 8. The van der Waals surface area contributed by atoms with Gasteiger partial charge in [-0.15, -0.1) is 0 Å². The molecule has 3 aromatic heterocycles. The number of nitrogens with zero attached hydrogens (tertiary/aromatic N) is 7. The van der Waals surface area contributed by atoms with Gasteiger partial charge in [0.25, 0.3) is 0 Å². The highest BCUT2D eigenvalue weighted by molar-refractivity contribution is 5.87. The van der Waals surface area contributed by atoms with Crippen LogP contribution < -0.4 is 10.2 Å². The molecule has 214 valence electrons. The van der Waals surface area contributed by atoms with Crippen LogP contribution in [0.15, 0.2) is 42.7 Å². The predicted molar refractivity (Wildman–Crippen MR) is 156 cm³/mol. The average molecular weight is 559 g/mol. The van der Waals surface area contributed by atoms with E-state index in [0.717, 1.165) is 35.2 Å². The van der Waals surface area contributed by atoms with Crippen molar-refractivity contribution in [2.75, 3.05) is 23.3 Å². The Hall–Kier alpha value is -4.28. The fourth-order valence-electron chi connectivity index (χ4n) is 5.95. The number of carbonyl (C=O) groups is 1. The van der Waals surface area contributed by atoms with Crippen LogP contribution in [-0.2, 0) is 11.8 Å². The average Bonchev–Trinajstić information content (AvgIpc) is 3.61. The highest BCUT2D eigenvalue weighted by atomic mass is 19.1. The molecule has 0 spiro atoms. The summed E-state index contributed by atoms with van der Waals surface area (Å²) in [6.07, 6.45) is 3.64. The largest absolute Gasteiger partial charge is 0.444 e. The van der Waals surface area contributed by atoms with Gasteiger partial charge in [0, 0.05) is 42.8 Å². The van der Waals surface area contributed by atoms with Crippen LogP contribution in [0.25, 0.3) is 22.2 Å². The molecule has 4 aromatic rings. The third-order valence-corrected chi connectivity index (χ3v) is 7.63. The van der Waals surface area contributed by atoms with E-state index in [0.29, 0.717) is 17.9 Å². The summed E-state index contributed by atoms with van der Waals surface area (Å²) in [6.45, 7) is 11.2. The lowest BCUT2D eigenvalue weighted by Gasteiger charge is -2.36. The molecular weight excluding hydrogens is 523 g/mol.